The summed E-state index contributed by atoms with van der Waals surface area (Å²) in [5.74, 6) is -0.969. The standard InChI is InChI=1S/C12H15BrF2/c1-3-12(2,8-13)7-9-4-5-10(14)6-11(9)15/h4-6H,3,7-8H2,1-2H3. The minimum absolute atomic E-state index is 0.0265. The molecule has 0 fully saturated rings. The van der Waals surface area contributed by atoms with Gasteiger partial charge in [0.05, 0.1) is 0 Å². The summed E-state index contributed by atoms with van der Waals surface area (Å²) >= 11 is 3.43. The molecule has 0 saturated heterocycles. The Bertz CT molecular complexity index is 332. The highest BCUT2D eigenvalue weighted by Crippen LogP contribution is 2.29. The van der Waals surface area contributed by atoms with Gasteiger partial charge in [-0.15, -0.1) is 0 Å². The second-order valence-corrected chi connectivity index (χ2v) is 4.77. The number of benzene rings is 1. The molecule has 0 aliphatic heterocycles. The number of hydrogen-bond donors (Lipinski definition) is 0. The molecular formula is C12H15BrF2. The van der Waals surface area contributed by atoms with E-state index >= 15 is 0 Å². The normalized spacial score (nSPS) is 15.0. The van der Waals surface area contributed by atoms with Gasteiger partial charge < -0.3 is 0 Å². The first-order valence-electron chi connectivity index (χ1n) is 5.00. The van der Waals surface area contributed by atoms with E-state index in [1.807, 2.05) is 0 Å². The Morgan fingerprint density at radius 3 is 2.47 bits per heavy atom. The van der Waals surface area contributed by atoms with Gasteiger partial charge in [-0.2, -0.15) is 0 Å². The van der Waals surface area contributed by atoms with Gasteiger partial charge >= 0.3 is 0 Å². The van der Waals surface area contributed by atoms with E-state index in [2.05, 4.69) is 29.8 Å². The van der Waals surface area contributed by atoms with Crippen LogP contribution in [0.5, 0.6) is 0 Å². The topological polar surface area (TPSA) is 0 Å². The Kier molecular flexibility index (Phi) is 4.26. The lowest BCUT2D eigenvalue weighted by atomic mass is 9.83. The van der Waals surface area contributed by atoms with Crippen LogP contribution in [0.1, 0.15) is 25.8 Å². The molecule has 1 rings (SSSR count). The number of alkyl halides is 1. The summed E-state index contributed by atoms with van der Waals surface area (Å²) in [7, 11) is 0. The smallest absolute Gasteiger partial charge is 0.129 e. The van der Waals surface area contributed by atoms with Crippen molar-refractivity contribution in [2.45, 2.75) is 26.7 Å². The van der Waals surface area contributed by atoms with E-state index in [0.29, 0.717) is 12.0 Å². The monoisotopic (exact) mass is 276 g/mol. The highest BCUT2D eigenvalue weighted by molar-refractivity contribution is 9.09. The van der Waals surface area contributed by atoms with Crippen molar-refractivity contribution in [2.24, 2.45) is 5.41 Å². The van der Waals surface area contributed by atoms with Gasteiger partial charge in [0.1, 0.15) is 11.6 Å². The lowest BCUT2D eigenvalue weighted by Gasteiger charge is -2.25. The Hall–Kier alpha value is -0.440. The summed E-state index contributed by atoms with van der Waals surface area (Å²) in [4.78, 5) is 0. The molecule has 1 atom stereocenters. The largest absolute Gasteiger partial charge is 0.207 e. The van der Waals surface area contributed by atoms with Gasteiger partial charge in [-0.3, -0.25) is 0 Å². The molecular weight excluding hydrogens is 262 g/mol. The molecule has 0 bridgehead atoms. The third-order valence-electron chi connectivity index (χ3n) is 2.81. The first kappa shape index (κ1) is 12.6. The van der Waals surface area contributed by atoms with E-state index in [0.717, 1.165) is 17.8 Å². The van der Waals surface area contributed by atoms with Gasteiger partial charge in [-0.25, -0.2) is 8.78 Å². The summed E-state index contributed by atoms with van der Waals surface area (Å²) < 4.78 is 26.1. The van der Waals surface area contributed by atoms with Gasteiger partial charge in [-0.1, -0.05) is 35.8 Å². The molecule has 84 valence electrons. The van der Waals surface area contributed by atoms with Crippen molar-refractivity contribution < 1.29 is 8.78 Å². The molecule has 3 heteroatoms. The Balaban J connectivity index is 2.89. The lowest BCUT2D eigenvalue weighted by Crippen LogP contribution is -2.21. The molecule has 0 aliphatic rings. The fraction of sp³-hybridized carbons (Fsp3) is 0.500. The predicted molar refractivity (Wildman–Crippen MR) is 62.3 cm³/mol. The van der Waals surface area contributed by atoms with E-state index < -0.39 is 11.6 Å². The zero-order valence-electron chi connectivity index (χ0n) is 8.99. The fourth-order valence-electron chi connectivity index (χ4n) is 1.39. The SMILES string of the molecule is CCC(C)(CBr)Cc1ccc(F)cc1F. The third kappa shape index (κ3) is 3.26. The average Bonchev–Trinajstić information content (AvgIpc) is 2.22. The van der Waals surface area contributed by atoms with E-state index in [1.165, 1.54) is 12.1 Å². The molecule has 1 aromatic carbocycles. The van der Waals surface area contributed by atoms with Crippen LogP contribution >= 0.6 is 15.9 Å². The van der Waals surface area contributed by atoms with E-state index in [-0.39, 0.29) is 5.41 Å². The van der Waals surface area contributed by atoms with E-state index in [1.54, 1.807) is 0 Å². The summed E-state index contributed by atoms with van der Waals surface area (Å²) in [5.41, 5.74) is 0.610. The molecule has 15 heavy (non-hydrogen) atoms. The average molecular weight is 277 g/mol. The first-order valence-corrected chi connectivity index (χ1v) is 6.13. The highest BCUT2D eigenvalue weighted by atomic mass is 79.9. The van der Waals surface area contributed by atoms with Crippen molar-refractivity contribution in [3.63, 3.8) is 0 Å². The second kappa shape index (κ2) is 5.06. The predicted octanol–water partition coefficient (Wildman–Crippen LogP) is 4.32. The zero-order valence-corrected chi connectivity index (χ0v) is 10.6. The van der Waals surface area contributed by atoms with E-state index in [4.69, 9.17) is 0 Å². The van der Waals surface area contributed by atoms with Gasteiger partial charge in [0.15, 0.2) is 0 Å². The molecule has 0 radical (unpaired) electrons. The molecule has 0 heterocycles. The fourth-order valence-corrected chi connectivity index (χ4v) is 1.99. The Labute approximate surface area is 97.8 Å². The van der Waals surface area contributed by atoms with Gasteiger partial charge in [0, 0.05) is 11.4 Å². The van der Waals surface area contributed by atoms with Crippen LogP contribution < -0.4 is 0 Å². The Morgan fingerprint density at radius 1 is 1.33 bits per heavy atom. The van der Waals surface area contributed by atoms with Crippen LogP contribution in [0.25, 0.3) is 0 Å². The van der Waals surface area contributed by atoms with Gasteiger partial charge in [0.2, 0.25) is 0 Å². The molecule has 0 aliphatic carbocycles. The maximum atomic E-state index is 13.4. The van der Waals surface area contributed by atoms with Crippen molar-refractivity contribution in [1.29, 1.82) is 0 Å². The third-order valence-corrected chi connectivity index (χ3v) is 4.16. The van der Waals surface area contributed by atoms with Crippen molar-refractivity contribution in [3.8, 4) is 0 Å². The van der Waals surface area contributed by atoms with E-state index in [9.17, 15) is 8.78 Å². The van der Waals surface area contributed by atoms with Crippen LogP contribution in [0.3, 0.4) is 0 Å². The van der Waals surface area contributed by atoms with Crippen LogP contribution in [0.15, 0.2) is 18.2 Å². The molecule has 0 amide bonds. The zero-order chi connectivity index (χ0) is 11.5. The quantitative estimate of drug-likeness (QED) is 0.719. The maximum Gasteiger partial charge on any atom is 0.129 e. The van der Waals surface area contributed by atoms with Crippen molar-refractivity contribution >= 4 is 15.9 Å². The number of halogens is 3. The van der Waals surface area contributed by atoms with Crippen LogP contribution in [-0.2, 0) is 6.42 Å². The maximum absolute atomic E-state index is 13.4. The number of hydrogen-bond acceptors (Lipinski definition) is 0. The summed E-state index contributed by atoms with van der Waals surface area (Å²) in [6, 6.07) is 3.78. The second-order valence-electron chi connectivity index (χ2n) is 4.21. The lowest BCUT2D eigenvalue weighted by molar-refractivity contribution is 0.355. The highest BCUT2D eigenvalue weighted by Gasteiger charge is 2.22. The summed E-state index contributed by atoms with van der Waals surface area (Å²) in [6.07, 6.45) is 1.58. The van der Waals surface area contributed by atoms with Crippen molar-refractivity contribution in [1.82, 2.24) is 0 Å². The Morgan fingerprint density at radius 2 is 2.00 bits per heavy atom. The molecule has 0 aromatic heterocycles. The van der Waals surface area contributed by atoms with Crippen LogP contribution in [0.2, 0.25) is 0 Å². The minimum Gasteiger partial charge on any atom is -0.207 e. The van der Waals surface area contributed by atoms with Crippen LogP contribution in [0, 0.1) is 17.0 Å². The molecule has 1 aromatic rings. The number of rotatable bonds is 4. The molecule has 0 N–H and O–H groups in total. The van der Waals surface area contributed by atoms with Gasteiger partial charge in [-0.05, 0) is 29.9 Å². The van der Waals surface area contributed by atoms with Gasteiger partial charge in [0.25, 0.3) is 0 Å². The van der Waals surface area contributed by atoms with Crippen molar-refractivity contribution in [2.75, 3.05) is 5.33 Å². The van der Waals surface area contributed by atoms with Crippen LogP contribution in [0.4, 0.5) is 8.78 Å². The minimum atomic E-state index is -0.520. The molecule has 0 nitrogen and oxygen atoms in total. The summed E-state index contributed by atoms with van der Waals surface area (Å²) in [6.45, 7) is 4.16. The molecule has 0 saturated carbocycles. The van der Waals surface area contributed by atoms with Crippen molar-refractivity contribution in [3.05, 3.63) is 35.4 Å². The van der Waals surface area contributed by atoms with Crippen LogP contribution in [-0.4, -0.2) is 5.33 Å². The molecule has 0 spiro atoms. The molecule has 1 unspecified atom stereocenters. The first-order chi connectivity index (χ1) is 7.00. The summed E-state index contributed by atoms with van der Waals surface area (Å²) in [5, 5.41) is 0.813.